The first-order valence-electron chi connectivity index (χ1n) is 9.61. The molecule has 0 unspecified atom stereocenters. The first-order chi connectivity index (χ1) is 12.1. The number of rotatable bonds is 8. The van der Waals surface area contributed by atoms with E-state index in [1.165, 1.54) is 38.8 Å². The second kappa shape index (κ2) is 7.96. The summed E-state index contributed by atoms with van der Waals surface area (Å²) in [6.45, 7) is 10.3. The molecule has 2 saturated heterocycles. The lowest BCUT2D eigenvalue weighted by Crippen LogP contribution is -2.57. The topological polar surface area (TPSA) is 26.8 Å². The minimum absolute atomic E-state index is 0.108. The van der Waals surface area contributed by atoms with E-state index in [1.807, 2.05) is 34.1 Å². The van der Waals surface area contributed by atoms with Crippen molar-refractivity contribution in [3.63, 3.8) is 0 Å². The molecule has 0 saturated carbocycles. The smallest absolute Gasteiger partial charge is 0.321 e. The first-order valence-corrected chi connectivity index (χ1v) is 9.99. The first kappa shape index (κ1) is 18.5. The average Bonchev–Trinajstić information content (AvgIpc) is 2.92. The maximum Gasteiger partial charge on any atom is 0.324 e. The van der Waals surface area contributed by atoms with Crippen molar-refractivity contribution in [3.8, 4) is 0 Å². The highest BCUT2D eigenvalue weighted by Gasteiger charge is 2.41. The van der Waals surface area contributed by atoms with Gasteiger partial charge in [0, 0.05) is 50.0 Å². The molecule has 5 heteroatoms. The molecule has 2 heterocycles. The van der Waals surface area contributed by atoms with E-state index in [0.717, 1.165) is 31.9 Å². The lowest BCUT2D eigenvalue weighted by atomic mass is 9.73. The average molecular weight is 364 g/mol. The van der Waals surface area contributed by atoms with Crippen LogP contribution in [0.3, 0.4) is 0 Å². The Balaban J connectivity index is 1.48. The van der Waals surface area contributed by atoms with Crippen LogP contribution in [0.2, 0.25) is 5.02 Å². The molecule has 0 spiro atoms. The third-order valence-electron chi connectivity index (χ3n) is 5.58. The van der Waals surface area contributed by atoms with Crippen molar-refractivity contribution in [2.24, 2.45) is 5.41 Å². The summed E-state index contributed by atoms with van der Waals surface area (Å²) in [4.78, 5) is 19.0. The summed E-state index contributed by atoms with van der Waals surface area (Å²) in [5, 5.41) is 0.674. The normalized spacial score (nSPS) is 20.2. The van der Waals surface area contributed by atoms with Crippen molar-refractivity contribution in [2.45, 2.75) is 39.5 Å². The molecule has 0 aliphatic carbocycles. The molecule has 0 aromatic heterocycles. The van der Waals surface area contributed by atoms with Gasteiger partial charge in [0.1, 0.15) is 0 Å². The Bertz CT molecular complexity index is 592. The highest BCUT2D eigenvalue weighted by Crippen LogP contribution is 2.39. The van der Waals surface area contributed by atoms with Crippen LogP contribution in [0.5, 0.6) is 0 Å². The summed E-state index contributed by atoms with van der Waals surface area (Å²) in [5.41, 5.74) is 1.44. The molecule has 138 valence electrons. The van der Waals surface area contributed by atoms with Gasteiger partial charge in [-0.25, -0.2) is 4.79 Å². The SMILES string of the molecule is CCCC1(CCC)CN(CCN2CCN(c3cccc(Cl)c3)C2=O)C1. The molecular formula is C20H30ClN3O. The third-order valence-corrected chi connectivity index (χ3v) is 5.81. The van der Waals surface area contributed by atoms with Gasteiger partial charge in [0.15, 0.2) is 0 Å². The highest BCUT2D eigenvalue weighted by atomic mass is 35.5. The van der Waals surface area contributed by atoms with Gasteiger partial charge >= 0.3 is 6.03 Å². The zero-order valence-corrected chi connectivity index (χ0v) is 16.3. The molecule has 4 nitrogen and oxygen atoms in total. The van der Waals surface area contributed by atoms with Crippen LogP contribution in [-0.4, -0.2) is 55.1 Å². The van der Waals surface area contributed by atoms with E-state index in [9.17, 15) is 4.79 Å². The van der Waals surface area contributed by atoms with Gasteiger partial charge in [-0.2, -0.15) is 0 Å². The number of nitrogens with zero attached hydrogens (tertiary/aromatic N) is 3. The van der Waals surface area contributed by atoms with E-state index in [0.29, 0.717) is 10.4 Å². The lowest BCUT2D eigenvalue weighted by molar-refractivity contribution is -0.0166. The fourth-order valence-electron chi connectivity index (χ4n) is 4.50. The fourth-order valence-corrected chi connectivity index (χ4v) is 4.68. The van der Waals surface area contributed by atoms with Gasteiger partial charge < -0.3 is 9.80 Å². The predicted octanol–water partition coefficient (Wildman–Crippen LogP) is 4.48. The molecule has 2 amide bonds. The number of amides is 2. The van der Waals surface area contributed by atoms with Crippen LogP contribution < -0.4 is 4.90 Å². The second-order valence-electron chi connectivity index (χ2n) is 7.61. The number of anilines is 1. The Hall–Kier alpha value is -1.26. The van der Waals surface area contributed by atoms with Crippen LogP contribution in [0.15, 0.2) is 24.3 Å². The minimum Gasteiger partial charge on any atom is -0.321 e. The van der Waals surface area contributed by atoms with Crippen LogP contribution >= 0.6 is 11.6 Å². The fraction of sp³-hybridized carbons (Fsp3) is 0.650. The molecule has 0 atom stereocenters. The molecule has 3 rings (SSSR count). The van der Waals surface area contributed by atoms with E-state index in [2.05, 4.69) is 18.7 Å². The summed E-state index contributed by atoms with van der Waals surface area (Å²) in [7, 11) is 0. The van der Waals surface area contributed by atoms with Gasteiger partial charge in [-0.1, -0.05) is 44.4 Å². The van der Waals surface area contributed by atoms with Crippen LogP contribution in [0.4, 0.5) is 10.5 Å². The van der Waals surface area contributed by atoms with E-state index in [1.54, 1.807) is 0 Å². The Labute approximate surface area is 156 Å². The van der Waals surface area contributed by atoms with Gasteiger partial charge in [-0.15, -0.1) is 0 Å². The third kappa shape index (κ3) is 4.12. The molecule has 2 aliphatic heterocycles. The molecule has 0 N–H and O–H groups in total. The summed E-state index contributed by atoms with van der Waals surface area (Å²) >= 11 is 6.06. The zero-order chi connectivity index (χ0) is 17.9. The molecular weight excluding hydrogens is 334 g/mol. The molecule has 2 fully saturated rings. The maximum absolute atomic E-state index is 12.7. The Morgan fingerprint density at radius 2 is 1.80 bits per heavy atom. The van der Waals surface area contributed by atoms with Crippen molar-refractivity contribution in [3.05, 3.63) is 29.3 Å². The molecule has 0 bridgehead atoms. The standard InChI is InChI=1S/C20H30ClN3O/c1-3-8-20(9-4-2)15-22(16-20)10-11-23-12-13-24(19(23)25)18-7-5-6-17(21)14-18/h5-7,14H,3-4,8-13,15-16H2,1-2H3. The van der Waals surface area contributed by atoms with Crippen molar-refractivity contribution in [1.82, 2.24) is 9.80 Å². The van der Waals surface area contributed by atoms with Crippen LogP contribution in [0, 0.1) is 5.41 Å². The summed E-state index contributed by atoms with van der Waals surface area (Å²) < 4.78 is 0. The van der Waals surface area contributed by atoms with Gasteiger partial charge in [0.25, 0.3) is 0 Å². The van der Waals surface area contributed by atoms with Crippen molar-refractivity contribution < 1.29 is 4.79 Å². The Morgan fingerprint density at radius 1 is 1.08 bits per heavy atom. The maximum atomic E-state index is 12.7. The number of benzene rings is 1. The van der Waals surface area contributed by atoms with Gasteiger partial charge in [-0.3, -0.25) is 4.90 Å². The quantitative estimate of drug-likeness (QED) is 0.680. The van der Waals surface area contributed by atoms with Crippen molar-refractivity contribution >= 4 is 23.3 Å². The van der Waals surface area contributed by atoms with Crippen LogP contribution in [0.1, 0.15) is 39.5 Å². The zero-order valence-electron chi connectivity index (χ0n) is 15.5. The summed E-state index contributed by atoms with van der Waals surface area (Å²) in [5.74, 6) is 0. The molecule has 1 aromatic carbocycles. The molecule has 0 radical (unpaired) electrons. The molecule has 1 aromatic rings. The summed E-state index contributed by atoms with van der Waals surface area (Å²) in [6.07, 6.45) is 5.21. The number of urea groups is 1. The van der Waals surface area contributed by atoms with E-state index < -0.39 is 0 Å². The Kier molecular flexibility index (Phi) is 5.90. The highest BCUT2D eigenvalue weighted by molar-refractivity contribution is 6.30. The number of hydrogen-bond donors (Lipinski definition) is 0. The number of carbonyl (C=O) groups excluding carboxylic acids is 1. The van der Waals surface area contributed by atoms with Gasteiger partial charge in [0.05, 0.1) is 0 Å². The largest absolute Gasteiger partial charge is 0.324 e. The Morgan fingerprint density at radius 3 is 2.44 bits per heavy atom. The molecule has 25 heavy (non-hydrogen) atoms. The van der Waals surface area contributed by atoms with Crippen molar-refractivity contribution in [1.29, 1.82) is 0 Å². The summed E-state index contributed by atoms with van der Waals surface area (Å²) in [6, 6.07) is 7.66. The molecule has 2 aliphatic rings. The van der Waals surface area contributed by atoms with Gasteiger partial charge in [0.2, 0.25) is 0 Å². The second-order valence-corrected chi connectivity index (χ2v) is 8.05. The number of carbonyl (C=O) groups is 1. The van der Waals surface area contributed by atoms with Gasteiger partial charge in [-0.05, 0) is 36.5 Å². The minimum atomic E-state index is 0.108. The predicted molar refractivity (Wildman–Crippen MR) is 104 cm³/mol. The van der Waals surface area contributed by atoms with E-state index in [-0.39, 0.29) is 6.03 Å². The number of halogens is 1. The van der Waals surface area contributed by atoms with E-state index in [4.69, 9.17) is 11.6 Å². The van der Waals surface area contributed by atoms with E-state index >= 15 is 0 Å². The van der Waals surface area contributed by atoms with Crippen LogP contribution in [0.25, 0.3) is 0 Å². The number of hydrogen-bond acceptors (Lipinski definition) is 2. The van der Waals surface area contributed by atoms with Crippen LogP contribution in [-0.2, 0) is 0 Å². The monoisotopic (exact) mass is 363 g/mol. The number of likely N-dealkylation sites (tertiary alicyclic amines) is 1. The lowest BCUT2D eigenvalue weighted by Gasteiger charge is -2.51. The van der Waals surface area contributed by atoms with Crippen molar-refractivity contribution in [2.75, 3.05) is 44.2 Å².